The van der Waals surface area contributed by atoms with Gasteiger partial charge in [0.1, 0.15) is 0 Å². The van der Waals surface area contributed by atoms with Crippen LogP contribution in [0.1, 0.15) is 0 Å². The van der Waals surface area contributed by atoms with Crippen molar-refractivity contribution in [2.45, 2.75) is 0 Å². The van der Waals surface area contributed by atoms with Crippen molar-refractivity contribution in [3.63, 3.8) is 0 Å². The van der Waals surface area contributed by atoms with Crippen LogP contribution in [0.2, 0.25) is 0 Å². The normalized spacial score (nSPS) is 0. The molecule has 12 heavy (non-hydrogen) atoms. The van der Waals surface area contributed by atoms with Crippen molar-refractivity contribution >= 4 is 196 Å². The minimum Gasteiger partial charge on any atom is -2.00 e. The summed E-state index contributed by atoms with van der Waals surface area (Å²) >= 11 is 0. The van der Waals surface area contributed by atoms with E-state index in [0.717, 1.165) is 0 Å². The van der Waals surface area contributed by atoms with Crippen LogP contribution in [-0.4, -0.2) is 196 Å². The summed E-state index contributed by atoms with van der Waals surface area (Å²) in [5.74, 6) is 0. The van der Waals surface area contributed by atoms with Gasteiger partial charge in [-0.15, -0.1) is 0 Å². The van der Waals surface area contributed by atoms with Gasteiger partial charge in [0, 0.05) is 0 Å². The number of rotatable bonds is 0. The Balaban J connectivity index is 0. The van der Waals surface area contributed by atoms with Gasteiger partial charge in [-0.05, 0) is 0 Å². The van der Waals surface area contributed by atoms with Gasteiger partial charge in [0.05, 0.1) is 0 Å². The van der Waals surface area contributed by atoms with Gasteiger partial charge in [0.2, 0.25) is 0 Å². The summed E-state index contributed by atoms with van der Waals surface area (Å²) in [5.41, 5.74) is 0. The second-order valence-electron chi connectivity index (χ2n) is 0. The molecule has 0 aromatic carbocycles. The van der Waals surface area contributed by atoms with E-state index in [1.807, 2.05) is 0 Å². The molecule has 0 aliphatic heterocycles. The molecule has 0 aliphatic carbocycles. The summed E-state index contributed by atoms with van der Waals surface area (Å²) in [6.45, 7) is 0. The van der Waals surface area contributed by atoms with Crippen molar-refractivity contribution < 1.29 is 104 Å². The molecule has 0 bridgehead atoms. The van der Waals surface area contributed by atoms with E-state index in [1.165, 1.54) is 0 Å². The van der Waals surface area contributed by atoms with E-state index < -0.39 is 0 Å². The first-order valence-corrected chi connectivity index (χ1v) is 0. The molecule has 0 spiro atoms. The van der Waals surface area contributed by atoms with Gasteiger partial charge < -0.3 is 69.9 Å². The first-order chi connectivity index (χ1) is 0. The van der Waals surface area contributed by atoms with Crippen LogP contribution in [0, 0.1) is 0 Å². The summed E-state index contributed by atoms with van der Waals surface area (Å²) in [6.07, 6.45) is 0. The van der Waals surface area contributed by atoms with Crippen LogP contribution in [0.4, 0.5) is 0 Å². The Labute approximate surface area is 289 Å². The summed E-state index contributed by atoms with van der Waals surface area (Å²) in [6, 6.07) is 0. The molecule has 0 radical (unpaired) electrons. The molecule has 12 heteroatoms. The quantitative estimate of drug-likeness (QED) is 0.170. The monoisotopic (exact) mass is 995 g/mol. The van der Waals surface area contributed by atoms with Crippen molar-refractivity contribution in [2.75, 3.05) is 0 Å². The molecule has 0 atom stereocenters. The fourth-order valence-electron chi connectivity index (χ4n) is 0. The van der Waals surface area contributed by atoms with E-state index in [2.05, 4.69) is 0 Å². The van der Waals surface area contributed by atoms with Crippen molar-refractivity contribution in [3.8, 4) is 0 Å². The zero-order valence-electron chi connectivity index (χ0n) is 5.82. The Kier molecular flexibility index (Phi) is 814. The molecule has 0 saturated heterocycles. The fraction of sp³-hybridized carbons (Fsp3) is 0. The standard InChI is InChI=1S/4Ba.2Cu.2HI.4O/h;;;;;;2*1H;;;;/q4*+2;2*+1;;;4*-2/p-2. The van der Waals surface area contributed by atoms with Crippen LogP contribution in [0.25, 0.3) is 0 Å². The van der Waals surface area contributed by atoms with Crippen LogP contribution in [0.15, 0.2) is 0 Å². The van der Waals surface area contributed by atoms with Crippen LogP contribution >= 0.6 is 0 Å². The molecule has 0 aromatic heterocycles. The third-order valence-electron chi connectivity index (χ3n) is 0. The molecule has 0 N–H and O–H groups in total. The molecule has 0 aromatic rings. The second kappa shape index (κ2) is 91.5. The molecule has 0 saturated carbocycles. The molecule has 4 nitrogen and oxygen atoms in total. The number of halogens is 2. The van der Waals surface area contributed by atoms with Gasteiger partial charge in [-0.2, -0.15) is 0 Å². The van der Waals surface area contributed by atoms with Gasteiger partial charge in [-0.25, -0.2) is 0 Å². The SMILES string of the molecule is [Ba+2].[Ba+2].[Ba+2].[Ba+2].[Cu+].[Cu+].[I-].[I-].[O-2].[O-2].[O-2].[O-2]. The van der Waals surface area contributed by atoms with E-state index in [-0.39, 0.29) is 300 Å². The average Bonchev–Trinajstić information content (AvgIpc) is 0. The Bertz CT molecular complexity index is 23.0. The van der Waals surface area contributed by atoms with Gasteiger partial charge in [0.25, 0.3) is 0 Å². The van der Waals surface area contributed by atoms with Crippen molar-refractivity contribution in [1.29, 1.82) is 0 Å². The van der Waals surface area contributed by atoms with E-state index in [1.54, 1.807) is 0 Å². The molecule has 68 valence electrons. The molecule has 0 amide bonds. The molecule has 0 rings (SSSR count). The van der Waals surface area contributed by atoms with E-state index >= 15 is 0 Å². The molecule has 0 heterocycles. The maximum absolute atomic E-state index is 0. The molecular weight excluding hydrogens is 994 g/mol. The molecular formula is Ba4Cu2I2O4. The zero-order valence-corrected chi connectivity index (χ0v) is 29.8. The summed E-state index contributed by atoms with van der Waals surface area (Å²) in [4.78, 5) is 0. The van der Waals surface area contributed by atoms with Crippen molar-refractivity contribution in [1.82, 2.24) is 0 Å². The Morgan fingerprint density at radius 3 is 0.333 bits per heavy atom. The smallest absolute Gasteiger partial charge is 2.00 e. The fourth-order valence-corrected chi connectivity index (χ4v) is 0. The number of hydrogen-bond donors (Lipinski definition) is 0. The summed E-state index contributed by atoms with van der Waals surface area (Å²) < 4.78 is 0. The zero-order chi connectivity index (χ0) is 0. The average molecular weight is 994 g/mol. The van der Waals surface area contributed by atoms with E-state index in [0.29, 0.717) is 0 Å². The van der Waals surface area contributed by atoms with Crippen LogP contribution in [0.5, 0.6) is 0 Å². The minimum absolute atomic E-state index is 0. The van der Waals surface area contributed by atoms with Crippen LogP contribution in [0.3, 0.4) is 0 Å². The molecule has 0 aliphatic rings. The minimum atomic E-state index is 0. The Hall–Kier alpha value is 8.62. The Morgan fingerprint density at radius 1 is 0.333 bits per heavy atom. The molecule has 0 fully saturated rings. The van der Waals surface area contributed by atoms with Gasteiger partial charge in [0.15, 0.2) is 0 Å². The predicted molar refractivity (Wildman–Crippen MR) is 25.8 cm³/mol. The van der Waals surface area contributed by atoms with Crippen LogP contribution < -0.4 is 48.0 Å². The van der Waals surface area contributed by atoms with Gasteiger partial charge in [-0.1, -0.05) is 0 Å². The van der Waals surface area contributed by atoms with Crippen LogP contribution in [-0.2, 0) is 56.0 Å². The number of hydrogen-bond acceptors (Lipinski definition) is 0. The first-order valence-electron chi connectivity index (χ1n) is 0. The maximum Gasteiger partial charge on any atom is 2.00 e. The third kappa shape index (κ3) is 77.8. The predicted octanol–water partition coefficient (Wildman–Crippen LogP) is -8.00. The first kappa shape index (κ1) is 107. The van der Waals surface area contributed by atoms with E-state index in [4.69, 9.17) is 0 Å². The largest absolute Gasteiger partial charge is 2.00 e. The van der Waals surface area contributed by atoms with Gasteiger partial charge in [-0.3, -0.25) is 0 Å². The van der Waals surface area contributed by atoms with E-state index in [9.17, 15) is 0 Å². The summed E-state index contributed by atoms with van der Waals surface area (Å²) in [7, 11) is 0. The Morgan fingerprint density at radius 2 is 0.333 bits per heavy atom. The summed E-state index contributed by atoms with van der Waals surface area (Å²) in [5, 5.41) is 0. The third-order valence-corrected chi connectivity index (χ3v) is 0. The van der Waals surface area contributed by atoms with Crippen molar-refractivity contribution in [3.05, 3.63) is 0 Å². The van der Waals surface area contributed by atoms with Gasteiger partial charge >= 0.3 is 230 Å². The molecule has 0 unspecified atom stereocenters. The maximum atomic E-state index is 0. The van der Waals surface area contributed by atoms with Crippen molar-refractivity contribution in [2.24, 2.45) is 0 Å². The second-order valence-corrected chi connectivity index (χ2v) is 0. The topological polar surface area (TPSA) is 114 Å².